The molecular formula is C25H27ClN2O6S. The van der Waals surface area contributed by atoms with Gasteiger partial charge in [-0.15, -0.1) is 0 Å². The van der Waals surface area contributed by atoms with Crippen LogP contribution in [0.25, 0.3) is 0 Å². The van der Waals surface area contributed by atoms with E-state index in [1.165, 1.54) is 33.5 Å². The Kier molecular flexibility index (Phi) is 8.48. The molecule has 8 nitrogen and oxygen atoms in total. The van der Waals surface area contributed by atoms with Gasteiger partial charge in [0, 0.05) is 5.02 Å². The Morgan fingerprint density at radius 2 is 1.54 bits per heavy atom. The maximum absolute atomic E-state index is 13.5. The average Bonchev–Trinajstić information content (AvgIpc) is 2.87. The molecule has 3 aromatic carbocycles. The predicted octanol–water partition coefficient (Wildman–Crippen LogP) is 4.44. The number of nitrogens with zero attached hydrogens (tertiary/aromatic N) is 1. The zero-order valence-electron chi connectivity index (χ0n) is 19.8. The van der Waals surface area contributed by atoms with Crippen LogP contribution in [-0.4, -0.2) is 42.2 Å². The van der Waals surface area contributed by atoms with E-state index in [9.17, 15) is 13.2 Å². The van der Waals surface area contributed by atoms with Crippen molar-refractivity contribution in [1.29, 1.82) is 0 Å². The third-order valence-electron chi connectivity index (χ3n) is 5.33. The second-order valence-electron chi connectivity index (χ2n) is 7.57. The largest absolute Gasteiger partial charge is 0.497 e. The standard InChI is InChI=1S/C25H27ClN2O6S/c1-17(18-5-14-23(33-3)24(15-18)34-4)27-25(29)16-28(20-8-6-19(26)7-9-20)35(30,31)22-12-10-21(32-2)11-13-22/h5-15,17H,16H2,1-4H3,(H,27,29)/t17-/m0/s1. The van der Waals surface area contributed by atoms with Crippen LogP contribution < -0.4 is 23.8 Å². The summed E-state index contributed by atoms with van der Waals surface area (Å²) in [6.07, 6.45) is 0. The molecule has 0 bridgehead atoms. The lowest BCUT2D eigenvalue weighted by Crippen LogP contribution is -2.41. The van der Waals surface area contributed by atoms with Crippen LogP contribution in [0.5, 0.6) is 17.2 Å². The molecule has 0 aliphatic heterocycles. The zero-order chi connectivity index (χ0) is 25.6. The minimum atomic E-state index is -4.07. The Balaban J connectivity index is 1.87. The maximum Gasteiger partial charge on any atom is 0.264 e. The summed E-state index contributed by atoms with van der Waals surface area (Å²) in [5.41, 5.74) is 1.08. The average molecular weight is 519 g/mol. The van der Waals surface area contributed by atoms with Crippen LogP contribution in [0.2, 0.25) is 5.02 Å². The van der Waals surface area contributed by atoms with E-state index in [-0.39, 0.29) is 4.90 Å². The summed E-state index contributed by atoms with van der Waals surface area (Å²) in [6, 6.07) is 17.1. The van der Waals surface area contributed by atoms with Crippen molar-refractivity contribution in [1.82, 2.24) is 5.32 Å². The van der Waals surface area contributed by atoms with Gasteiger partial charge in [-0.05, 0) is 73.2 Å². The summed E-state index contributed by atoms with van der Waals surface area (Å²) in [5, 5.41) is 3.30. The number of ether oxygens (including phenoxy) is 3. The highest BCUT2D eigenvalue weighted by Gasteiger charge is 2.28. The first-order valence-electron chi connectivity index (χ1n) is 10.6. The highest BCUT2D eigenvalue weighted by Crippen LogP contribution is 2.30. The van der Waals surface area contributed by atoms with E-state index in [1.54, 1.807) is 61.5 Å². The molecule has 0 saturated heterocycles. The molecule has 1 amide bonds. The van der Waals surface area contributed by atoms with Crippen molar-refractivity contribution in [3.05, 3.63) is 77.3 Å². The van der Waals surface area contributed by atoms with Crippen LogP contribution in [-0.2, 0) is 14.8 Å². The van der Waals surface area contributed by atoms with Crippen molar-refractivity contribution < 1.29 is 27.4 Å². The normalized spacial score (nSPS) is 11.9. The summed E-state index contributed by atoms with van der Waals surface area (Å²) in [6.45, 7) is 1.36. The highest BCUT2D eigenvalue weighted by atomic mass is 35.5. The minimum Gasteiger partial charge on any atom is -0.497 e. The van der Waals surface area contributed by atoms with Crippen LogP contribution in [0.3, 0.4) is 0 Å². The second kappa shape index (κ2) is 11.3. The van der Waals surface area contributed by atoms with Gasteiger partial charge in [-0.3, -0.25) is 9.10 Å². The van der Waals surface area contributed by atoms with Gasteiger partial charge >= 0.3 is 0 Å². The summed E-state index contributed by atoms with van der Waals surface area (Å²) in [4.78, 5) is 13.0. The fourth-order valence-electron chi connectivity index (χ4n) is 3.42. The monoisotopic (exact) mass is 518 g/mol. The van der Waals surface area contributed by atoms with Gasteiger partial charge < -0.3 is 19.5 Å². The summed E-state index contributed by atoms with van der Waals surface area (Å²) in [5.74, 6) is 1.12. The number of nitrogens with one attached hydrogen (secondary N) is 1. The van der Waals surface area contributed by atoms with Gasteiger partial charge in [-0.2, -0.15) is 0 Å². The van der Waals surface area contributed by atoms with Crippen LogP contribution in [0.1, 0.15) is 18.5 Å². The molecule has 1 atom stereocenters. The van der Waals surface area contributed by atoms with Crippen molar-refractivity contribution in [2.75, 3.05) is 32.2 Å². The fraction of sp³-hybridized carbons (Fsp3) is 0.240. The molecule has 35 heavy (non-hydrogen) atoms. The first-order valence-corrected chi connectivity index (χ1v) is 12.4. The van der Waals surface area contributed by atoms with Crippen molar-refractivity contribution >= 4 is 33.2 Å². The van der Waals surface area contributed by atoms with Gasteiger partial charge in [-0.1, -0.05) is 17.7 Å². The molecule has 1 N–H and O–H groups in total. The number of hydrogen-bond donors (Lipinski definition) is 1. The number of benzene rings is 3. The molecule has 0 heterocycles. The summed E-state index contributed by atoms with van der Waals surface area (Å²) >= 11 is 5.99. The molecule has 0 fully saturated rings. The van der Waals surface area contributed by atoms with Crippen LogP contribution in [0.15, 0.2) is 71.6 Å². The van der Waals surface area contributed by atoms with Crippen molar-refractivity contribution in [2.45, 2.75) is 17.9 Å². The molecule has 3 aromatic rings. The quantitative estimate of drug-likeness (QED) is 0.426. The molecule has 3 rings (SSSR count). The number of methoxy groups -OCH3 is 3. The minimum absolute atomic E-state index is 0.0222. The topological polar surface area (TPSA) is 94.2 Å². The number of rotatable bonds is 10. The lowest BCUT2D eigenvalue weighted by atomic mass is 10.1. The van der Waals surface area contributed by atoms with E-state index in [4.69, 9.17) is 25.8 Å². The van der Waals surface area contributed by atoms with Crippen molar-refractivity contribution in [2.24, 2.45) is 0 Å². The lowest BCUT2D eigenvalue weighted by molar-refractivity contribution is -0.120. The van der Waals surface area contributed by atoms with Gasteiger partial charge in [0.15, 0.2) is 11.5 Å². The number of anilines is 1. The van der Waals surface area contributed by atoms with E-state index < -0.39 is 28.5 Å². The molecular weight excluding hydrogens is 492 g/mol. The summed E-state index contributed by atoms with van der Waals surface area (Å²) in [7, 11) is 0.489. The number of carbonyl (C=O) groups excluding carboxylic acids is 1. The second-order valence-corrected chi connectivity index (χ2v) is 9.87. The van der Waals surface area contributed by atoms with Gasteiger partial charge in [0.25, 0.3) is 10.0 Å². The number of amides is 1. The Labute approximate surface area is 210 Å². The third kappa shape index (κ3) is 6.17. The molecule has 0 aliphatic carbocycles. The SMILES string of the molecule is COc1ccc(S(=O)(=O)N(CC(=O)N[C@@H](C)c2ccc(OC)c(OC)c2)c2ccc(Cl)cc2)cc1. The first kappa shape index (κ1) is 26.2. The van der Waals surface area contributed by atoms with E-state index in [1.807, 2.05) is 0 Å². The number of carbonyl (C=O) groups is 1. The molecule has 0 radical (unpaired) electrons. The number of halogens is 1. The molecule has 10 heteroatoms. The van der Waals surface area contributed by atoms with Gasteiger partial charge in [0.2, 0.25) is 5.91 Å². The molecule has 186 valence electrons. The van der Waals surface area contributed by atoms with Crippen molar-refractivity contribution in [3.63, 3.8) is 0 Å². The Hall–Kier alpha value is -3.43. The molecule has 0 unspecified atom stereocenters. The van der Waals surface area contributed by atoms with Crippen molar-refractivity contribution in [3.8, 4) is 17.2 Å². The fourth-order valence-corrected chi connectivity index (χ4v) is 4.97. The van der Waals surface area contributed by atoms with Gasteiger partial charge in [0.1, 0.15) is 12.3 Å². The summed E-state index contributed by atoms with van der Waals surface area (Å²) < 4.78 is 43.8. The smallest absolute Gasteiger partial charge is 0.264 e. The van der Waals surface area contributed by atoms with Crippen LogP contribution >= 0.6 is 11.6 Å². The molecule has 0 spiro atoms. The van der Waals surface area contributed by atoms with Gasteiger partial charge in [-0.25, -0.2) is 8.42 Å². The zero-order valence-corrected chi connectivity index (χ0v) is 21.4. The molecule has 0 saturated carbocycles. The van der Waals surface area contributed by atoms with E-state index in [0.29, 0.717) is 28.0 Å². The number of hydrogen-bond acceptors (Lipinski definition) is 6. The van der Waals surface area contributed by atoms with Crippen LogP contribution in [0, 0.1) is 0 Å². The Morgan fingerprint density at radius 3 is 2.11 bits per heavy atom. The van der Waals surface area contributed by atoms with Gasteiger partial charge in [0.05, 0.1) is 38.0 Å². The van der Waals surface area contributed by atoms with E-state index >= 15 is 0 Å². The highest BCUT2D eigenvalue weighted by molar-refractivity contribution is 7.92. The Morgan fingerprint density at radius 1 is 0.914 bits per heavy atom. The molecule has 0 aliphatic rings. The molecule has 0 aromatic heterocycles. The Bertz CT molecular complexity index is 1260. The predicted molar refractivity (Wildman–Crippen MR) is 135 cm³/mol. The number of sulfonamides is 1. The lowest BCUT2D eigenvalue weighted by Gasteiger charge is -2.25. The van der Waals surface area contributed by atoms with Crippen LogP contribution in [0.4, 0.5) is 5.69 Å². The third-order valence-corrected chi connectivity index (χ3v) is 7.37. The first-order chi connectivity index (χ1) is 16.7. The maximum atomic E-state index is 13.5. The van der Waals surface area contributed by atoms with E-state index in [2.05, 4.69) is 5.32 Å². The van der Waals surface area contributed by atoms with E-state index in [0.717, 1.165) is 9.87 Å².